The minimum absolute atomic E-state index is 0.0117. The van der Waals surface area contributed by atoms with Crippen LogP contribution in [0.15, 0.2) is 65.7 Å². The molecule has 2 rings (SSSR count). The van der Waals surface area contributed by atoms with Crippen molar-refractivity contribution < 1.29 is 4.79 Å². The average Bonchev–Trinajstić information content (AvgIpc) is 2.75. The Kier molecular flexibility index (Phi) is 9.37. The molecule has 0 spiro atoms. The largest absolute Gasteiger partial charge is 0.375 e. The van der Waals surface area contributed by atoms with Gasteiger partial charge in [-0.3, -0.25) is 14.8 Å². The zero-order valence-electron chi connectivity index (χ0n) is 16.8. The number of amides is 1. The molecule has 2 N–H and O–H groups in total. The summed E-state index contributed by atoms with van der Waals surface area (Å²) >= 11 is 1.41. The molecule has 6 nitrogen and oxygen atoms in total. The summed E-state index contributed by atoms with van der Waals surface area (Å²) < 4.78 is 0. The van der Waals surface area contributed by atoms with Gasteiger partial charge < -0.3 is 10.2 Å². The van der Waals surface area contributed by atoms with Crippen LogP contribution in [0.4, 0.5) is 11.4 Å². The maximum absolute atomic E-state index is 12.2. The lowest BCUT2D eigenvalue weighted by Crippen LogP contribution is -2.40. The van der Waals surface area contributed by atoms with Gasteiger partial charge in [0.05, 0.1) is 11.4 Å². The fraction of sp³-hybridized carbons (Fsp3) is 0.333. The van der Waals surface area contributed by atoms with Gasteiger partial charge >= 0.3 is 0 Å². The molecule has 0 saturated heterocycles. The first kappa shape index (κ1) is 21.8. The van der Waals surface area contributed by atoms with E-state index in [1.807, 2.05) is 60.6 Å². The summed E-state index contributed by atoms with van der Waals surface area (Å²) in [5, 5.41) is 5.60. The maximum atomic E-state index is 12.2. The Bertz CT molecular complexity index is 739. The molecule has 2 aromatic carbocycles. The van der Waals surface area contributed by atoms with Gasteiger partial charge in [-0.15, -0.1) is 0 Å². The lowest BCUT2D eigenvalue weighted by Gasteiger charge is -2.24. The van der Waals surface area contributed by atoms with E-state index in [0.717, 1.165) is 23.8 Å². The summed E-state index contributed by atoms with van der Waals surface area (Å²) in [5.74, 6) is 0.337. The second-order valence-corrected chi connectivity index (χ2v) is 7.09. The summed E-state index contributed by atoms with van der Waals surface area (Å²) in [5.41, 5.74) is 5.27. The van der Waals surface area contributed by atoms with E-state index in [9.17, 15) is 4.79 Å². The van der Waals surface area contributed by atoms with E-state index in [2.05, 4.69) is 39.8 Å². The normalized spacial score (nSPS) is 11.2. The third-order valence-corrected chi connectivity index (χ3v) is 5.17. The molecular formula is C21H29N5OS. The Morgan fingerprint density at radius 2 is 1.64 bits per heavy atom. The number of nitrogens with zero attached hydrogens (tertiary/aromatic N) is 3. The number of carbonyl (C=O) groups excluding carboxylic acids is 1. The van der Waals surface area contributed by atoms with Crippen LogP contribution >= 0.6 is 11.8 Å². The molecule has 2 aromatic rings. The zero-order valence-corrected chi connectivity index (χ0v) is 17.6. The number of nitrogens with one attached hydrogen (secondary N) is 2. The van der Waals surface area contributed by atoms with E-state index in [1.165, 1.54) is 17.4 Å². The summed E-state index contributed by atoms with van der Waals surface area (Å²) in [6.45, 7) is 1.55. The van der Waals surface area contributed by atoms with Crippen molar-refractivity contribution in [3.8, 4) is 0 Å². The number of thioether (sulfide) groups is 1. The van der Waals surface area contributed by atoms with E-state index in [1.54, 1.807) is 7.05 Å². The van der Waals surface area contributed by atoms with Gasteiger partial charge in [-0.1, -0.05) is 48.2 Å². The van der Waals surface area contributed by atoms with E-state index >= 15 is 0 Å². The number of amidine groups is 1. The van der Waals surface area contributed by atoms with Crippen molar-refractivity contribution in [2.24, 2.45) is 4.99 Å². The molecule has 0 aliphatic rings. The lowest BCUT2D eigenvalue weighted by atomic mass is 10.3. The molecular weight excluding hydrogens is 370 g/mol. The molecule has 7 heteroatoms. The van der Waals surface area contributed by atoms with Crippen LogP contribution in [0.1, 0.15) is 6.42 Å². The van der Waals surface area contributed by atoms with Gasteiger partial charge in [0, 0.05) is 39.9 Å². The van der Waals surface area contributed by atoms with Crippen LogP contribution in [0, 0.1) is 0 Å². The first-order valence-electron chi connectivity index (χ1n) is 9.30. The van der Waals surface area contributed by atoms with E-state index < -0.39 is 0 Å². The van der Waals surface area contributed by atoms with Crippen LogP contribution in [0.5, 0.6) is 0 Å². The van der Waals surface area contributed by atoms with E-state index in [-0.39, 0.29) is 5.91 Å². The van der Waals surface area contributed by atoms with Crippen molar-refractivity contribution in [3.63, 3.8) is 0 Å². The summed E-state index contributed by atoms with van der Waals surface area (Å²) in [6.07, 6.45) is 0.892. The van der Waals surface area contributed by atoms with Gasteiger partial charge in [-0.25, -0.2) is 5.43 Å². The average molecular weight is 400 g/mol. The van der Waals surface area contributed by atoms with E-state index in [0.29, 0.717) is 12.3 Å². The molecule has 1 amide bonds. The van der Waals surface area contributed by atoms with Gasteiger partial charge in [0.25, 0.3) is 0 Å². The molecule has 150 valence electrons. The zero-order chi connectivity index (χ0) is 20.2. The minimum Gasteiger partial charge on any atom is -0.375 e. The number of para-hydroxylation sites is 2. The standard InChI is InChI=1S/C21H29N5OS/c1-22-21(26(23-2)19-13-8-5-9-14-19)28-17-20(27)24-15-10-16-25(3)18-11-6-4-7-12-18/h4-9,11-14,23H,10,15-17H2,1-3H3,(H,24,27)/b22-21+. The minimum atomic E-state index is 0.0117. The second-order valence-electron chi connectivity index (χ2n) is 6.15. The molecule has 0 aliphatic heterocycles. The number of hydrogen-bond acceptors (Lipinski definition) is 5. The van der Waals surface area contributed by atoms with Crippen LogP contribution in [-0.2, 0) is 4.79 Å². The van der Waals surface area contributed by atoms with Crippen molar-refractivity contribution >= 4 is 34.2 Å². The molecule has 0 unspecified atom stereocenters. The fourth-order valence-corrected chi connectivity index (χ4v) is 3.50. The van der Waals surface area contributed by atoms with Crippen molar-refractivity contribution in [1.29, 1.82) is 0 Å². The summed E-state index contributed by atoms with van der Waals surface area (Å²) in [6, 6.07) is 20.1. The molecule has 0 aromatic heterocycles. The highest BCUT2D eigenvalue weighted by Crippen LogP contribution is 2.17. The molecule has 0 radical (unpaired) electrons. The number of aliphatic imine (C=N–C) groups is 1. The Balaban J connectivity index is 1.72. The maximum Gasteiger partial charge on any atom is 0.230 e. The summed E-state index contributed by atoms with van der Waals surface area (Å²) in [7, 11) is 5.63. The first-order valence-corrected chi connectivity index (χ1v) is 10.3. The molecule has 0 bridgehead atoms. The monoisotopic (exact) mass is 399 g/mol. The highest BCUT2D eigenvalue weighted by atomic mass is 32.2. The number of carbonyl (C=O) groups is 1. The topological polar surface area (TPSA) is 60.0 Å². The second kappa shape index (κ2) is 12.0. The number of hydrazine groups is 1. The predicted molar refractivity (Wildman–Crippen MR) is 121 cm³/mol. The summed E-state index contributed by atoms with van der Waals surface area (Å²) in [4.78, 5) is 18.7. The molecule has 0 heterocycles. The number of hydrogen-bond donors (Lipinski definition) is 2. The number of benzene rings is 2. The lowest BCUT2D eigenvalue weighted by molar-refractivity contribution is -0.118. The van der Waals surface area contributed by atoms with Gasteiger partial charge in [0.1, 0.15) is 0 Å². The van der Waals surface area contributed by atoms with Crippen molar-refractivity contribution in [1.82, 2.24) is 10.7 Å². The smallest absolute Gasteiger partial charge is 0.230 e. The van der Waals surface area contributed by atoms with Crippen LogP contribution in [0.2, 0.25) is 0 Å². The van der Waals surface area contributed by atoms with Gasteiger partial charge in [0.2, 0.25) is 5.91 Å². The molecule has 0 fully saturated rings. The number of rotatable bonds is 9. The molecule has 28 heavy (non-hydrogen) atoms. The first-order chi connectivity index (χ1) is 13.7. The quantitative estimate of drug-likeness (QED) is 0.294. The van der Waals surface area contributed by atoms with Gasteiger partial charge in [-0.05, 0) is 30.7 Å². The van der Waals surface area contributed by atoms with Crippen LogP contribution < -0.4 is 20.7 Å². The molecule has 0 saturated carbocycles. The van der Waals surface area contributed by atoms with Crippen LogP contribution in [0.25, 0.3) is 0 Å². The van der Waals surface area contributed by atoms with Crippen LogP contribution in [0.3, 0.4) is 0 Å². The third kappa shape index (κ3) is 6.90. The Morgan fingerprint density at radius 1 is 1.04 bits per heavy atom. The van der Waals surface area contributed by atoms with Crippen LogP contribution in [-0.4, -0.2) is 51.1 Å². The molecule has 0 aliphatic carbocycles. The van der Waals surface area contributed by atoms with Crippen molar-refractivity contribution in [3.05, 3.63) is 60.7 Å². The fourth-order valence-electron chi connectivity index (χ4n) is 2.68. The SMILES string of the molecule is C/N=C(/SCC(=O)NCCCN(C)c1ccccc1)N(NC)c1ccccc1. The highest BCUT2D eigenvalue weighted by Gasteiger charge is 2.14. The van der Waals surface area contributed by atoms with Crippen molar-refractivity contribution in [2.45, 2.75) is 6.42 Å². The Morgan fingerprint density at radius 3 is 2.21 bits per heavy atom. The Labute approximate surface area is 172 Å². The van der Waals surface area contributed by atoms with E-state index in [4.69, 9.17) is 0 Å². The van der Waals surface area contributed by atoms with Gasteiger partial charge in [0.15, 0.2) is 5.17 Å². The van der Waals surface area contributed by atoms with Gasteiger partial charge in [-0.2, -0.15) is 0 Å². The third-order valence-electron chi connectivity index (χ3n) is 4.14. The molecule has 0 atom stereocenters. The highest BCUT2D eigenvalue weighted by molar-refractivity contribution is 8.14. The number of anilines is 2. The predicted octanol–water partition coefficient (Wildman–Crippen LogP) is 2.99. The Hall–Kier alpha value is -2.51. The van der Waals surface area contributed by atoms with Crippen molar-refractivity contribution in [2.75, 3.05) is 49.9 Å².